The van der Waals surface area contributed by atoms with Crippen molar-refractivity contribution in [3.63, 3.8) is 0 Å². The molecule has 106 valence electrons. The van der Waals surface area contributed by atoms with Crippen LogP contribution in [0, 0.1) is 5.92 Å². The van der Waals surface area contributed by atoms with Crippen molar-refractivity contribution in [2.75, 3.05) is 19.7 Å². The fraction of sp³-hybridized carbons (Fsp3) is 1.00. The summed E-state index contributed by atoms with van der Waals surface area (Å²) >= 11 is 0. The van der Waals surface area contributed by atoms with Crippen molar-refractivity contribution in [1.82, 2.24) is 5.32 Å². The number of hydrogen-bond donors (Lipinski definition) is 3. The van der Waals surface area contributed by atoms with Gasteiger partial charge in [-0.3, -0.25) is 0 Å². The molecule has 18 heavy (non-hydrogen) atoms. The third-order valence-corrected chi connectivity index (χ3v) is 4.23. The summed E-state index contributed by atoms with van der Waals surface area (Å²) in [4.78, 5) is 0. The molecule has 0 spiro atoms. The van der Waals surface area contributed by atoms with E-state index in [1.165, 1.54) is 12.8 Å². The van der Waals surface area contributed by atoms with Crippen LogP contribution in [0.1, 0.15) is 44.9 Å². The van der Waals surface area contributed by atoms with Crippen LogP contribution in [0.15, 0.2) is 0 Å². The first kappa shape index (κ1) is 14.3. The second-order valence-electron chi connectivity index (χ2n) is 5.81. The molecule has 3 N–H and O–H groups in total. The maximum absolute atomic E-state index is 9.80. The molecule has 4 nitrogen and oxygen atoms in total. The van der Waals surface area contributed by atoms with Gasteiger partial charge in [-0.25, -0.2) is 0 Å². The number of rotatable bonds is 7. The van der Waals surface area contributed by atoms with Crippen LogP contribution >= 0.6 is 0 Å². The molecule has 3 atom stereocenters. The molecule has 2 rings (SSSR count). The minimum absolute atomic E-state index is 0.149. The van der Waals surface area contributed by atoms with Gasteiger partial charge in [0, 0.05) is 13.1 Å². The molecule has 0 bridgehead atoms. The molecule has 2 fully saturated rings. The fourth-order valence-corrected chi connectivity index (χ4v) is 3.05. The SMILES string of the molecule is OC(CNCC1CCCC1O)COC1CCCC1. The van der Waals surface area contributed by atoms with E-state index in [1.54, 1.807) is 0 Å². The van der Waals surface area contributed by atoms with Gasteiger partial charge in [0.15, 0.2) is 0 Å². The second kappa shape index (κ2) is 7.43. The van der Waals surface area contributed by atoms with E-state index in [0.29, 0.717) is 25.2 Å². The zero-order chi connectivity index (χ0) is 12.8. The van der Waals surface area contributed by atoms with Crippen LogP contribution < -0.4 is 5.32 Å². The molecule has 3 unspecified atom stereocenters. The van der Waals surface area contributed by atoms with Gasteiger partial charge in [0.2, 0.25) is 0 Å². The lowest BCUT2D eigenvalue weighted by atomic mass is 10.1. The molecule has 0 aromatic heterocycles. The molecule has 2 aliphatic rings. The van der Waals surface area contributed by atoms with Gasteiger partial charge < -0.3 is 20.3 Å². The van der Waals surface area contributed by atoms with E-state index in [-0.39, 0.29) is 6.10 Å². The minimum atomic E-state index is -0.427. The van der Waals surface area contributed by atoms with E-state index < -0.39 is 6.10 Å². The summed E-state index contributed by atoms with van der Waals surface area (Å²) in [5, 5.41) is 22.7. The smallest absolute Gasteiger partial charge is 0.0897 e. The van der Waals surface area contributed by atoms with Crippen LogP contribution in [0.5, 0.6) is 0 Å². The van der Waals surface area contributed by atoms with Gasteiger partial charge in [0.1, 0.15) is 0 Å². The summed E-state index contributed by atoms with van der Waals surface area (Å²) in [5.74, 6) is 0.368. The third kappa shape index (κ3) is 4.50. The van der Waals surface area contributed by atoms with Crippen molar-refractivity contribution in [2.45, 2.75) is 63.3 Å². The average Bonchev–Trinajstić information content (AvgIpc) is 2.99. The molecular weight excluding hydrogens is 230 g/mol. The first-order chi connectivity index (χ1) is 8.75. The Balaban J connectivity index is 1.50. The fourth-order valence-electron chi connectivity index (χ4n) is 3.05. The monoisotopic (exact) mass is 257 g/mol. The molecular formula is C14H27NO3. The third-order valence-electron chi connectivity index (χ3n) is 4.23. The highest BCUT2D eigenvalue weighted by molar-refractivity contribution is 4.78. The number of aliphatic hydroxyl groups is 2. The molecule has 2 aliphatic carbocycles. The highest BCUT2D eigenvalue weighted by Gasteiger charge is 2.24. The molecule has 0 saturated heterocycles. The Kier molecular flexibility index (Phi) is 5.89. The lowest BCUT2D eigenvalue weighted by molar-refractivity contribution is -0.00602. The largest absolute Gasteiger partial charge is 0.393 e. The normalized spacial score (nSPS) is 31.0. The molecule has 0 radical (unpaired) electrons. The molecule has 4 heteroatoms. The van der Waals surface area contributed by atoms with Crippen molar-refractivity contribution >= 4 is 0 Å². The van der Waals surface area contributed by atoms with Crippen molar-refractivity contribution in [3.8, 4) is 0 Å². The Bertz CT molecular complexity index is 231. The summed E-state index contributed by atoms with van der Waals surface area (Å²) in [6, 6.07) is 0. The Hall–Kier alpha value is -0.160. The molecule has 0 aromatic rings. The van der Waals surface area contributed by atoms with Crippen LogP contribution in [0.4, 0.5) is 0 Å². The predicted molar refractivity (Wildman–Crippen MR) is 70.4 cm³/mol. The van der Waals surface area contributed by atoms with E-state index >= 15 is 0 Å². The maximum atomic E-state index is 9.80. The molecule has 2 saturated carbocycles. The van der Waals surface area contributed by atoms with Gasteiger partial charge in [-0.2, -0.15) is 0 Å². The zero-order valence-electron chi connectivity index (χ0n) is 11.2. The lowest BCUT2D eigenvalue weighted by Crippen LogP contribution is -2.36. The van der Waals surface area contributed by atoms with Gasteiger partial charge in [-0.15, -0.1) is 0 Å². The number of nitrogens with one attached hydrogen (secondary N) is 1. The van der Waals surface area contributed by atoms with Crippen molar-refractivity contribution in [3.05, 3.63) is 0 Å². The molecule has 0 amide bonds. The summed E-state index contributed by atoms with van der Waals surface area (Å²) in [7, 11) is 0. The van der Waals surface area contributed by atoms with Crippen molar-refractivity contribution < 1.29 is 14.9 Å². The highest BCUT2D eigenvalue weighted by atomic mass is 16.5. The number of hydrogen-bond acceptors (Lipinski definition) is 4. The van der Waals surface area contributed by atoms with Crippen LogP contribution in [0.2, 0.25) is 0 Å². The van der Waals surface area contributed by atoms with Gasteiger partial charge in [-0.1, -0.05) is 19.3 Å². The average molecular weight is 257 g/mol. The Morgan fingerprint density at radius 2 is 1.89 bits per heavy atom. The summed E-state index contributed by atoms with van der Waals surface area (Å²) < 4.78 is 5.67. The highest BCUT2D eigenvalue weighted by Crippen LogP contribution is 2.24. The van der Waals surface area contributed by atoms with Crippen LogP contribution in [0.3, 0.4) is 0 Å². The van der Waals surface area contributed by atoms with E-state index in [4.69, 9.17) is 4.74 Å². The van der Waals surface area contributed by atoms with E-state index in [0.717, 1.165) is 38.6 Å². The molecule has 0 heterocycles. The Labute approximate surface area is 110 Å². The molecule has 0 aliphatic heterocycles. The summed E-state index contributed by atoms with van der Waals surface area (Å²) in [5.41, 5.74) is 0. The standard InChI is InChI=1S/C14H27NO3/c16-12(10-18-13-5-1-2-6-13)9-15-8-11-4-3-7-14(11)17/h11-17H,1-10H2. The maximum Gasteiger partial charge on any atom is 0.0897 e. The second-order valence-corrected chi connectivity index (χ2v) is 5.81. The summed E-state index contributed by atoms with van der Waals surface area (Å²) in [6.45, 7) is 1.81. The summed E-state index contributed by atoms with van der Waals surface area (Å²) in [6.07, 6.45) is 7.77. The minimum Gasteiger partial charge on any atom is -0.393 e. The van der Waals surface area contributed by atoms with E-state index in [9.17, 15) is 10.2 Å². The Morgan fingerprint density at radius 1 is 1.11 bits per heavy atom. The molecule has 0 aromatic carbocycles. The van der Waals surface area contributed by atoms with Crippen LogP contribution in [-0.2, 0) is 4.74 Å². The predicted octanol–water partition coefficient (Wildman–Crippen LogP) is 1.06. The van der Waals surface area contributed by atoms with Gasteiger partial charge in [-0.05, 0) is 31.6 Å². The van der Waals surface area contributed by atoms with E-state index in [2.05, 4.69) is 5.32 Å². The van der Waals surface area contributed by atoms with Gasteiger partial charge in [0.25, 0.3) is 0 Å². The first-order valence-corrected chi connectivity index (χ1v) is 7.44. The van der Waals surface area contributed by atoms with Crippen molar-refractivity contribution in [1.29, 1.82) is 0 Å². The number of aliphatic hydroxyl groups excluding tert-OH is 2. The van der Waals surface area contributed by atoms with E-state index in [1.807, 2.05) is 0 Å². The topological polar surface area (TPSA) is 61.7 Å². The zero-order valence-corrected chi connectivity index (χ0v) is 11.2. The lowest BCUT2D eigenvalue weighted by Gasteiger charge is -2.18. The van der Waals surface area contributed by atoms with Crippen molar-refractivity contribution in [2.24, 2.45) is 5.92 Å². The Morgan fingerprint density at radius 3 is 2.56 bits per heavy atom. The quantitative estimate of drug-likeness (QED) is 0.638. The van der Waals surface area contributed by atoms with Crippen LogP contribution in [0.25, 0.3) is 0 Å². The number of ether oxygens (including phenoxy) is 1. The van der Waals surface area contributed by atoms with Gasteiger partial charge in [0.05, 0.1) is 24.9 Å². The van der Waals surface area contributed by atoms with Gasteiger partial charge >= 0.3 is 0 Å². The first-order valence-electron chi connectivity index (χ1n) is 7.44. The van der Waals surface area contributed by atoms with Crippen LogP contribution in [-0.4, -0.2) is 48.2 Å².